The Morgan fingerprint density at radius 2 is 2.11 bits per heavy atom. The van der Waals surface area contributed by atoms with Gasteiger partial charge in [-0.25, -0.2) is 9.59 Å². The first-order valence-corrected chi connectivity index (χ1v) is 5.34. The number of nitro groups is 1. The summed E-state index contributed by atoms with van der Waals surface area (Å²) in [4.78, 5) is 40.8. The Hall–Kier alpha value is -2.64. The molecule has 8 nitrogen and oxygen atoms in total. The summed E-state index contributed by atoms with van der Waals surface area (Å²) in [5.41, 5.74) is -0.707. The molecule has 0 amide bonds. The van der Waals surface area contributed by atoms with E-state index in [2.05, 4.69) is 9.78 Å². The summed E-state index contributed by atoms with van der Waals surface area (Å²) in [5.74, 6) is -2.44. The number of hydrogen-bond donors (Lipinski definition) is 1. The molecule has 8 heteroatoms. The molecule has 0 aromatic heterocycles. The first-order chi connectivity index (χ1) is 8.95. The van der Waals surface area contributed by atoms with E-state index >= 15 is 0 Å². The maximum atomic E-state index is 11.1. The zero-order valence-electron chi connectivity index (χ0n) is 9.99. The number of aromatic carboxylic acids is 1. The maximum Gasteiger partial charge on any atom is 0.355 e. The monoisotopic (exact) mass is 269 g/mol. The van der Waals surface area contributed by atoms with Crippen LogP contribution in [0.5, 0.6) is 5.75 Å². The Balaban J connectivity index is 2.94. The zero-order chi connectivity index (χ0) is 14.4. The normalized spacial score (nSPS) is 9.74. The first-order valence-electron chi connectivity index (χ1n) is 5.34. The van der Waals surface area contributed by atoms with Crippen molar-refractivity contribution in [1.29, 1.82) is 0 Å². The largest absolute Gasteiger partial charge is 0.478 e. The van der Waals surface area contributed by atoms with Crippen LogP contribution in [-0.2, 0) is 9.68 Å². The molecule has 0 aliphatic carbocycles. The molecule has 0 aliphatic rings. The van der Waals surface area contributed by atoms with Crippen molar-refractivity contribution in [2.24, 2.45) is 0 Å². The second kappa shape index (κ2) is 6.34. The summed E-state index contributed by atoms with van der Waals surface area (Å²) in [7, 11) is 0. The number of benzene rings is 1. The number of carboxylic acid groups (broad SMARTS) is 1. The molecular weight excluding hydrogens is 258 g/mol. The average molecular weight is 269 g/mol. The van der Waals surface area contributed by atoms with E-state index in [1.54, 1.807) is 6.92 Å². The third-order valence-electron chi connectivity index (χ3n) is 2.08. The van der Waals surface area contributed by atoms with Crippen molar-refractivity contribution in [2.75, 3.05) is 0 Å². The van der Waals surface area contributed by atoms with Crippen molar-refractivity contribution in [3.8, 4) is 5.75 Å². The predicted octanol–water partition coefficient (Wildman–Crippen LogP) is 1.93. The molecule has 102 valence electrons. The van der Waals surface area contributed by atoms with Crippen LogP contribution < -0.4 is 4.89 Å². The Morgan fingerprint density at radius 3 is 2.63 bits per heavy atom. The molecule has 0 unspecified atom stereocenters. The Bertz CT molecular complexity index is 512. The van der Waals surface area contributed by atoms with Crippen LogP contribution in [0.3, 0.4) is 0 Å². The summed E-state index contributed by atoms with van der Waals surface area (Å²) in [6, 6.07) is 2.90. The summed E-state index contributed by atoms with van der Waals surface area (Å²) >= 11 is 0. The topological polar surface area (TPSA) is 116 Å². The highest BCUT2D eigenvalue weighted by Crippen LogP contribution is 2.25. The molecule has 0 spiro atoms. The molecule has 1 N–H and O–H groups in total. The van der Waals surface area contributed by atoms with Crippen molar-refractivity contribution in [3.63, 3.8) is 0 Å². The van der Waals surface area contributed by atoms with E-state index in [1.807, 2.05) is 0 Å². The summed E-state index contributed by atoms with van der Waals surface area (Å²) in [6.07, 6.45) is 0.625. The number of carbonyl (C=O) groups excluding carboxylic acids is 1. The maximum absolute atomic E-state index is 11.1. The number of non-ortho nitro benzene ring substituents is 1. The van der Waals surface area contributed by atoms with Gasteiger partial charge in [-0.15, -0.1) is 0 Å². The molecule has 19 heavy (non-hydrogen) atoms. The van der Waals surface area contributed by atoms with Crippen LogP contribution in [0.4, 0.5) is 5.69 Å². The lowest BCUT2D eigenvalue weighted by Crippen LogP contribution is -2.10. The van der Waals surface area contributed by atoms with E-state index < -0.39 is 22.6 Å². The summed E-state index contributed by atoms with van der Waals surface area (Å²) < 4.78 is 0. The van der Waals surface area contributed by atoms with Gasteiger partial charge in [0.2, 0.25) is 0 Å². The zero-order valence-corrected chi connectivity index (χ0v) is 9.99. The van der Waals surface area contributed by atoms with E-state index in [4.69, 9.17) is 5.11 Å². The van der Waals surface area contributed by atoms with Gasteiger partial charge in [-0.1, -0.05) is 6.92 Å². The van der Waals surface area contributed by atoms with Crippen molar-refractivity contribution >= 4 is 17.6 Å². The summed E-state index contributed by atoms with van der Waals surface area (Å²) in [5, 5.41) is 19.4. The van der Waals surface area contributed by atoms with E-state index in [1.165, 1.54) is 0 Å². The smallest absolute Gasteiger partial charge is 0.355 e. The molecule has 0 saturated heterocycles. The molecule has 1 rings (SSSR count). The molecule has 0 bridgehead atoms. The third kappa shape index (κ3) is 3.95. The lowest BCUT2D eigenvalue weighted by molar-refractivity contribution is -0.385. The first kappa shape index (κ1) is 14.4. The highest BCUT2D eigenvalue weighted by molar-refractivity contribution is 5.91. The molecule has 0 saturated carbocycles. The SMILES string of the molecule is CCCC(=O)OOc1cc([N+](=O)[O-])ccc1C(=O)O. The van der Waals surface area contributed by atoms with Crippen LogP contribution in [0.25, 0.3) is 0 Å². The molecule has 0 heterocycles. The summed E-state index contributed by atoms with van der Waals surface area (Å²) in [6.45, 7) is 1.75. The minimum absolute atomic E-state index is 0.0946. The number of nitro benzene ring substituents is 1. The Kier molecular flexibility index (Phi) is 4.81. The number of rotatable bonds is 6. The number of hydrogen-bond acceptors (Lipinski definition) is 6. The van der Waals surface area contributed by atoms with Crippen molar-refractivity contribution < 1.29 is 29.4 Å². The van der Waals surface area contributed by atoms with Gasteiger partial charge in [0.1, 0.15) is 5.56 Å². The van der Waals surface area contributed by atoms with Gasteiger partial charge < -0.3 is 5.11 Å². The van der Waals surface area contributed by atoms with E-state index in [0.717, 1.165) is 18.2 Å². The van der Waals surface area contributed by atoms with Gasteiger partial charge >= 0.3 is 11.9 Å². The molecule has 1 aromatic carbocycles. The highest BCUT2D eigenvalue weighted by atomic mass is 17.2. The number of nitrogens with zero attached hydrogens (tertiary/aromatic N) is 1. The standard InChI is InChI=1S/C11H11NO7/c1-2-3-10(13)19-18-9-6-7(12(16)17)4-5-8(9)11(14)15/h4-6H,2-3H2,1H3,(H,14,15). The molecule has 1 aromatic rings. The Labute approximate surface area is 107 Å². The number of carbonyl (C=O) groups is 2. The lowest BCUT2D eigenvalue weighted by atomic mass is 10.2. The fraction of sp³-hybridized carbons (Fsp3) is 0.273. The molecule has 0 radical (unpaired) electrons. The molecule has 0 atom stereocenters. The fourth-order valence-electron chi connectivity index (χ4n) is 1.21. The van der Waals surface area contributed by atoms with Crippen LogP contribution in [0.15, 0.2) is 18.2 Å². The van der Waals surface area contributed by atoms with Gasteiger partial charge in [0.25, 0.3) is 5.69 Å². The lowest BCUT2D eigenvalue weighted by Gasteiger charge is -2.06. The van der Waals surface area contributed by atoms with Crippen molar-refractivity contribution in [1.82, 2.24) is 0 Å². The van der Waals surface area contributed by atoms with Gasteiger partial charge in [-0.2, -0.15) is 0 Å². The fourth-order valence-corrected chi connectivity index (χ4v) is 1.21. The van der Waals surface area contributed by atoms with Gasteiger partial charge in [-0.05, 0) is 12.5 Å². The minimum atomic E-state index is -1.35. The second-order valence-electron chi connectivity index (χ2n) is 3.53. The van der Waals surface area contributed by atoms with Gasteiger partial charge in [0.05, 0.1) is 11.0 Å². The van der Waals surface area contributed by atoms with Crippen molar-refractivity contribution in [2.45, 2.75) is 19.8 Å². The van der Waals surface area contributed by atoms with E-state index in [0.29, 0.717) is 6.42 Å². The highest BCUT2D eigenvalue weighted by Gasteiger charge is 2.18. The van der Waals surface area contributed by atoms with Crippen LogP contribution in [-0.4, -0.2) is 22.0 Å². The molecular formula is C11H11NO7. The van der Waals surface area contributed by atoms with Gasteiger partial charge in [0, 0.05) is 12.5 Å². The average Bonchev–Trinajstić information content (AvgIpc) is 2.36. The van der Waals surface area contributed by atoms with Crippen LogP contribution in [0.2, 0.25) is 0 Å². The molecule has 0 aliphatic heterocycles. The van der Waals surface area contributed by atoms with Crippen LogP contribution in [0.1, 0.15) is 30.1 Å². The second-order valence-corrected chi connectivity index (χ2v) is 3.53. The van der Waals surface area contributed by atoms with Gasteiger partial charge in [0.15, 0.2) is 5.75 Å². The van der Waals surface area contributed by atoms with Crippen LogP contribution >= 0.6 is 0 Å². The van der Waals surface area contributed by atoms with E-state index in [9.17, 15) is 19.7 Å². The third-order valence-corrected chi connectivity index (χ3v) is 2.08. The molecule has 0 fully saturated rings. The predicted molar refractivity (Wildman–Crippen MR) is 61.7 cm³/mol. The van der Waals surface area contributed by atoms with Crippen molar-refractivity contribution in [3.05, 3.63) is 33.9 Å². The number of carboxylic acids is 1. The Morgan fingerprint density at radius 1 is 1.42 bits per heavy atom. The van der Waals surface area contributed by atoms with Gasteiger partial charge in [-0.3, -0.25) is 19.9 Å². The van der Waals surface area contributed by atoms with Crippen LogP contribution in [0, 0.1) is 10.1 Å². The van der Waals surface area contributed by atoms with E-state index in [-0.39, 0.29) is 17.7 Å². The quantitative estimate of drug-likeness (QED) is 0.476. The minimum Gasteiger partial charge on any atom is -0.478 e.